The molecule has 0 amide bonds. The molecule has 4 fully saturated rings. The lowest BCUT2D eigenvalue weighted by Gasteiger charge is -2.59. The normalized spacial score (nSPS) is 28.7. The Kier molecular flexibility index (Phi) is 6.84. The summed E-state index contributed by atoms with van der Waals surface area (Å²) in [6.07, 6.45) is 8.69. The second-order valence-electron chi connectivity index (χ2n) is 10.6. The molecule has 4 aliphatic rings. The lowest BCUT2D eigenvalue weighted by atomic mass is 9.48. The van der Waals surface area contributed by atoms with Crippen LogP contribution in [0.25, 0.3) is 0 Å². The minimum Gasteiger partial charge on any atom is -0.490 e. The summed E-state index contributed by atoms with van der Waals surface area (Å²) in [4.78, 5) is 0. The number of halogens is 2. The van der Waals surface area contributed by atoms with Crippen LogP contribution >= 0.6 is 23.2 Å². The molecule has 6 rings (SSSR count). The average Bonchev–Trinajstić information content (AvgIpc) is 2.77. The van der Waals surface area contributed by atoms with Gasteiger partial charge in [-0.3, -0.25) is 0 Å². The van der Waals surface area contributed by atoms with E-state index < -0.39 is 0 Å². The lowest BCUT2D eigenvalue weighted by Crippen LogP contribution is -2.54. The first-order valence-corrected chi connectivity index (χ1v) is 13.3. The quantitative estimate of drug-likeness (QED) is 0.393. The van der Waals surface area contributed by atoms with Crippen LogP contribution < -0.4 is 14.8 Å². The summed E-state index contributed by atoms with van der Waals surface area (Å²) in [6, 6.07) is 12.3. The number of hydrogen-bond acceptors (Lipinski definition) is 3. The lowest BCUT2D eigenvalue weighted by molar-refractivity contribution is -0.0706. The highest BCUT2D eigenvalue weighted by atomic mass is 35.5. The van der Waals surface area contributed by atoms with Crippen LogP contribution in [0, 0.1) is 23.2 Å². The Morgan fingerprint density at radius 1 is 0.939 bits per heavy atom. The van der Waals surface area contributed by atoms with E-state index in [0.29, 0.717) is 46.2 Å². The smallest absolute Gasteiger partial charge is 0.180 e. The van der Waals surface area contributed by atoms with Gasteiger partial charge in [0, 0.05) is 17.6 Å². The molecule has 1 atom stereocenters. The highest BCUT2D eigenvalue weighted by Gasteiger charge is 2.52. The van der Waals surface area contributed by atoms with Crippen molar-refractivity contribution in [2.24, 2.45) is 23.2 Å². The maximum atomic E-state index is 6.68. The van der Waals surface area contributed by atoms with E-state index in [0.717, 1.165) is 35.4 Å². The zero-order valence-electron chi connectivity index (χ0n) is 19.7. The van der Waals surface area contributed by atoms with E-state index in [9.17, 15) is 0 Å². The second kappa shape index (κ2) is 9.68. The number of ether oxygens (including phenoxy) is 2. The van der Waals surface area contributed by atoms with Gasteiger partial charge in [-0.25, -0.2) is 0 Å². The SMILES string of the molecule is CCOc1cc(CNC(C)C23CC4CC(CC(C4)C2)C3)cc(Cl)c1OCc1ccc(Cl)cc1. The minimum absolute atomic E-state index is 0.414. The second-order valence-corrected chi connectivity index (χ2v) is 11.5. The largest absolute Gasteiger partial charge is 0.490 e. The van der Waals surface area contributed by atoms with Gasteiger partial charge in [-0.15, -0.1) is 0 Å². The van der Waals surface area contributed by atoms with Crippen LogP contribution in [0.1, 0.15) is 63.5 Å². The van der Waals surface area contributed by atoms with Crippen molar-refractivity contribution >= 4 is 23.2 Å². The standard InChI is InChI=1S/C28H35Cl2NO2/c1-3-32-26-12-23(11-25(30)27(26)33-17-19-4-6-24(29)7-5-19)16-31-18(2)28-13-20-8-21(14-28)10-22(9-20)15-28/h4-7,11-12,18,20-22,31H,3,8-10,13-17H2,1-2H3. The maximum Gasteiger partial charge on any atom is 0.180 e. The van der Waals surface area contributed by atoms with Crippen molar-refractivity contribution < 1.29 is 9.47 Å². The topological polar surface area (TPSA) is 30.5 Å². The molecule has 178 valence electrons. The Balaban J connectivity index is 1.26. The van der Waals surface area contributed by atoms with Crippen LogP contribution in [0.5, 0.6) is 11.5 Å². The molecule has 33 heavy (non-hydrogen) atoms. The van der Waals surface area contributed by atoms with E-state index in [1.165, 1.54) is 38.5 Å². The number of nitrogens with one attached hydrogen (secondary N) is 1. The Morgan fingerprint density at radius 2 is 1.58 bits per heavy atom. The first kappa shape index (κ1) is 23.3. The molecule has 5 heteroatoms. The molecule has 2 aromatic carbocycles. The Labute approximate surface area is 208 Å². The summed E-state index contributed by atoms with van der Waals surface area (Å²) in [6.45, 7) is 6.16. The molecule has 0 aliphatic heterocycles. The fourth-order valence-electron chi connectivity index (χ4n) is 7.06. The van der Waals surface area contributed by atoms with E-state index in [4.69, 9.17) is 32.7 Å². The molecule has 3 nitrogen and oxygen atoms in total. The van der Waals surface area contributed by atoms with Crippen LogP contribution in [-0.4, -0.2) is 12.6 Å². The maximum absolute atomic E-state index is 6.68. The van der Waals surface area contributed by atoms with E-state index in [1.807, 2.05) is 37.3 Å². The molecule has 4 aliphatic carbocycles. The zero-order valence-corrected chi connectivity index (χ0v) is 21.2. The molecule has 0 saturated heterocycles. The molecule has 0 heterocycles. The third kappa shape index (κ3) is 5.01. The van der Waals surface area contributed by atoms with Crippen LogP contribution in [0.4, 0.5) is 0 Å². The summed E-state index contributed by atoms with van der Waals surface area (Å²) >= 11 is 12.7. The van der Waals surface area contributed by atoms with Gasteiger partial charge in [0.2, 0.25) is 0 Å². The van der Waals surface area contributed by atoms with E-state index in [2.05, 4.69) is 18.3 Å². The Morgan fingerprint density at radius 3 is 2.18 bits per heavy atom. The van der Waals surface area contributed by atoms with Gasteiger partial charge in [0.1, 0.15) is 6.61 Å². The molecule has 0 spiro atoms. The molecular weight excluding hydrogens is 453 g/mol. The minimum atomic E-state index is 0.414. The number of rotatable bonds is 9. The summed E-state index contributed by atoms with van der Waals surface area (Å²) in [5.74, 6) is 4.22. The molecule has 0 aromatic heterocycles. The summed E-state index contributed by atoms with van der Waals surface area (Å²) < 4.78 is 12.0. The van der Waals surface area contributed by atoms with Gasteiger partial charge in [0.05, 0.1) is 11.6 Å². The fraction of sp³-hybridized carbons (Fsp3) is 0.571. The molecule has 1 unspecified atom stereocenters. The van der Waals surface area contributed by atoms with Crippen LogP contribution in [0.2, 0.25) is 10.0 Å². The summed E-state index contributed by atoms with van der Waals surface area (Å²) in [5, 5.41) is 5.17. The van der Waals surface area contributed by atoms with Crippen molar-refractivity contribution in [2.45, 2.75) is 71.6 Å². The van der Waals surface area contributed by atoms with Crippen LogP contribution in [0.3, 0.4) is 0 Å². The van der Waals surface area contributed by atoms with Crippen molar-refractivity contribution in [3.63, 3.8) is 0 Å². The van der Waals surface area contributed by atoms with Gasteiger partial charge in [0.15, 0.2) is 11.5 Å². The van der Waals surface area contributed by atoms with E-state index in [1.54, 1.807) is 0 Å². The number of hydrogen-bond donors (Lipinski definition) is 1. The Hall–Kier alpha value is -1.42. The first-order chi connectivity index (χ1) is 15.9. The van der Waals surface area contributed by atoms with Gasteiger partial charge >= 0.3 is 0 Å². The third-order valence-electron chi connectivity index (χ3n) is 8.28. The highest BCUT2D eigenvalue weighted by Crippen LogP contribution is 2.61. The molecule has 4 saturated carbocycles. The predicted octanol–water partition coefficient (Wildman–Crippen LogP) is 7.67. The van der Waals surface area contributed by atoms with Crippen LogP contribution in [0.15, 0.2) is 36.4 Å². The first-order valence-electron chi connectivity index (χ1n) is 12.5. The van der Waals surface area contributed by atoms with Gasteiger partial charge in [-0.1, -0.05) is 35.3 Å². The average molecular weight is 488 g/mol. The molecule has 4 bridgehead atoms. The van der Waals surface area contributed by atoms with E-state index in [-0.39, 0.29) is 0 Å². The predicted molar refractivity (Wildman–Crippen MR) is 135 cm³/mol. The van der Waals surface area contributed by atoms with Gasteiger partial charge in [-0.05, 0) is 111 Å². The van der Waals surface area contributed by atoms with Crippen molar-refractivity contribution in [3.8, 4) is 11.5 Å². The molecule has 2 aromatic rings. The summed E-state index contributed by atoms with van der Waals surface area (Å²) in [7, 11) is 0. The fourth-order valence-corrected chi connectivity index (χ4v) is 7.47. The third-order valence-corrected chi connectivity index (χ3v) is 8.81. The van der Waals surface area contributed by atoms with Crippen molar-refractivity contribution in [1.82, 2.24) is 5.32 Å². The van der Waals surface area contributed by atoms with Crippen LogP contribution in [-0.2, 0) is 13.2 Å². The highest BCUT2D eigenvalue weighted by molar-refractivity contribution is 6.32. The van der Waals surface area contributed by atoms with Gasteiger partial charge < -0.3 is 14.8 Å². The summed E-state index contributed by atoms with van der Waals surface area (Å²) in [5.41, 5.74) is 2.66. The molecular formula is C28H35Cl2NO2. The molecule has 0 radical (unpaired) electrons. The molecule has 1 N–H and O–H groups in total. The van der Waals surface area contributed by atoms with Gasteiger partial charge in [-0.2, -0.15) is 0 Å². The van der Waals surface area contributed by atoms with Gasteiger partial charge in [0.25, 0.3) is 0 Å². The van der Waals surface area contributed by atoms with E-state index >= 15 is 0 Å². The van der Waals surface area contributed by atoms with Crippen molar-refractivity contribution in [1.29, 1.82) is 0 Å². The monoisotopic (exact) mass is 487 g/mol. The Bertz CT molecular complexity index is 939. The number of benzene rings is 2. The van der Waals surface area contributed by atoms with Crippen molar-refractivity contribution in [3.05, 3.63) is 57.6 Å². The zero-order chi connectivity index (χ0) is 23.0. The van der Waals surface area contributed by atoms with Crippen molar-refractivity contribution in [2.75, 3.05) is 6.61 Å².